The lowest BCUT2D eigenvalue weighted by Crippen LogP contribution is -2.46. The van der Waals surface area contributed by atoms with Gasteiger partial charge in [0.2, 0.25) is 0 Å². The Labute approximate surface area is 168 Å². The molecule has 2 atom stereocenters. The molecule has 0 radical (unpaired) electrons. The number of nitrogens with zero attached hydrogens (tertiary/aromatic N) is 2. The number of carbonyl (C=O) groups excluding carboxylic acids is 1. The largest absolute Gasteiger partial charge is 0.486 e. The SMILES string of the molecule is CC1CC(C)CN(CC2CCN(C(=O)Nc3ccc4c(c3)OCCO4)CC2)C1. The molecule has 2 saturated heterocycles. The number of rotatable bonds is 3. The van der Waals surface area contributed by atoms with E-state index in [0.29, 0.717) is 24.9 Å². The molecule has 1 aromatic rings. The Kier molecular flexibility index (Phi) is 5.95. The summed E-state index contributed by atoms with van der Waals surface area (Å²) in [6, 6.07) is 5.56. The number of carbonyl (C=O) groups is 1. The van der Waals surface area contributed by atoms with Crippen molar-refractivity contribution in [3.8, 4) is 11.5 Å². The second-order valence-electron chi connectivity index (χ2n) is 8.88. The number of benzene rings is 1. The first kappa shape index (κ1) is 19.4. The molecule has 2 amide bonds. The van der Waals surface area contributed by atoms with Gasteiger partial charge in [0, 0.05) is 44.5 Å². The first-order valence-electron chi connectivity index (χ1n) is 10.7. The Bertz CT molecular complexity index is 678. The van der Waals surface area contributed by atoms with Crippen LogP contribution in [0.15, 0.2) is 18.2 Å². The summed E-state index contributed by atoms with van der Waals surface area (Å²) in [4.78, 5) is 17.2. The van der Waals surface area contributed by atoms with E-state index in [1.807, 2.05) is 23.1 Å². The number of hydrogen-bond donors (Lipinski definition) is 1. The van der Waals surface area contributed by atoms with Gasteiger partial charge in [0.25, 0.3) is 0 Å². The smallest absolute Gasteiger partial charge is 0.321 e. The van der Waals surface area contributed by atoms with Gasteiger partial charge in [-0.15, -0.1) is 0 Å². The van der Waals surface area contributed by atoms with Crippen molar-refractivity contribution in [1.29, 1.82) is 0 Å². The molecule has 1 N–H and O–H groups in total. The lowest BCUT2D eigenvalue weighted by Gasteiger charge is -2.39. The van der Waals surface area contributed by atoms with E-state index < -0.39 is 0 Å². The van der Waals surface area contributed by atoms with Crippen molar-refractivity contribution >= 4 is 11.7 Å². The number of amides is 2. The minimum Gasteiger partial charge on any atom is -0.486 e. The summed E-state index contributed by atoms with van der Waals surface area (Å²) in [5.41, 5.74) is 0.757. The second-order valence-corrected chi connectivity index (χ2v) is 8.88. The van der Waals surface area contributed by atoms with Crippen molar-refractivity contribution in [2.24, 2.45) is 17.8 Å². The highest BCUT2D eigenvalue weighted by molar-refractivity contribution is 5.89. The Morgan fingerprint density at radius 2 is 1.75 bits per heavy atom. The molecule has 28 heavy (non-hydrogen) atoms. The lowest BCUT2D eigenvalue weighted by atomic mass is 9.89. The van der Waals surface area contributed by atoms with Crippen LogP contribution in [0.4, 0.5) is 10.5 Å². The third kappa shape index (κ3) is 4.72. The molecule has 6 nitrogen and oxygen atoms in total. The highest BCUT2D eigenvalue weighted by Crippen LogP contribution is 2.33. The predicted molar refractivity (Wildman–Crippen MR) is 110 cm³/mol. The maximum absolute atomic E-state index is 12.7. The van der Waals surface area contributed by atoms with E-state index in [4.69, 9.17) is 9.47 Å². The molecule has 4 rings (SSSR count). The topological polar surface area (TPSA) is 54.0 Å². The summed E-state index contributed by atoms with van der Waals surface area (Å²) in [6.07, 6.45) is 3.54. The average molecular weight is 388 g/mol. The summed E-state index contributed by atoms with van der Waals surface area (Å²) in [7, 11) is 0. The number of anilines is 1. The standard InChI is InChI=1S/C22H33N3O3/c1-16-11-17(2)14-24(13-16)15-18-5-7-25(8-6-18)22(26)23-19-3-4-20-21(12-19)28-10-9-27-20/h3-4,12,16-18H,5-11,13-15H2,1-2H3,(H,23,26). The summed E-state index contributed by atoms with van der Waals surface area (Å²) >= 11 is 0. The number of ether oxygens (including phenoxy) is 2. The van der Waals surface area contributed by atoms with Gasteiger partial charge in [-0.25, -0.2) is 4.79 Å². The molecule has 3 heterocycles. The summed E-state index contributed by atoms with van der Waals surface area (Å²) in [5, 5.41) is 3.01. The number of piperidine rings is 2. The van der Waals surface area contributed by atoms with Gasteiger partial charge < -0.3 is 24.6 Å². The highest BCUT2D eigenvalue weighted by Gasteiger charge is 2.27. The van der Waals surface area contributed by atoms with Gasteiger partial charge in [-0.1, -0.05) is 13.8 Å². The normalized spacial score (nSPS) is 26.1. The highest BCUT2D eigenvalue weighted by atomic mass is 16.6. The van der Waals surface area contributed by atoms with Crippen molar-refractivity contribution < 1.29 is 14.3 Å². The molecule has 0 saturated carbocycles. The zero-order chi connectivity index (χ0) is 19.5. The first-order valence-corrected chi connectivity index (χ1v) is 10.7. The maximum atomic E-state index is 12.7. The average Bonchev–Trinajstić information content (AvgIpc) is 2.67. The lowest BCUT2D eigenvalue weighted by molar-refractivity contribution is 0.101. The van der Waals surface area contributed by atoms with Crippen LogP contribution in [0.1, 0.15) is 33.1 Å². The van der Waals surface area contributed by atoms with Gasteiger partial charge in [-0.05, 0) is 49.1 Å². The van der Waals surface area contributed by atoms with Gasteiger partial charge in [0.05, 0.1) is 0 Å². The fourth-order valence-electron chi connectivity index (χ4n) is 4.95. The quantitative estimate of drug-likeness (QED) is 0.860. The Morgan fingerprint density at radius 1 is 1.07 bits per heavy atom. The van der Waals surface area contributed by atoms with Gasteiger partial charge in [0.1, 0.15) is 13.2 Å². The number of fused-ring (bicyclic) bond motifs is 1. The van der Waals surface area contributed by atoms with Gasteiger partial charge in [0.15, 0.2) is 11.5 Å². The monoisotopic (exact) mass is 387 g/mol. The van der Waals surface area contributed by atoms with Crippen LogP contribution < -0.4 is 14.8 Å². The fraction of sp³-hybridized carbons (Fsp3) is 0.682. The number of likely N-dealkylation sites (tertiary alicyclic amines) is 2. The van der Waals surface area contributed by atoms with E-state index in [-0.39, 0.29) is 6.03 Å². The number of hydrogen-bond acceptors (Lipinski definition) is 4. The first-order chi connectivity index (χ1) is 13.6. The van der Waals surface area contributed by atoms with Gasteiger partial charge in [-0.3, -0.25) is 0 Å². The third-order valence-electron chi connectivity index (χ3n) is 6.16. The fourth-order valence-corrected chi connectivity index (χ4v) is 4.95. The molecule has 2 fully saturated rings. The van der Waals surface area contributed by atoms with Crippen molar-refractivity contribution in [2.75, 3.05) is 51.3 Å². The molecule has 3 aliphatic heterocycles. The van der Waals surface area contributed by atoms with Gasteiger partial charge in [-0.2, -0.15) is 0 Å². The molecule has 154 valence electrons. The molecular formula is C22H33N3O3. The molecule has 3 aliphatic rings. The summed E-state index contributed by atoms with van der Waals surface area (Å²) in [5.74, 6) is 3.76. The van der Waals surface area contributed by atoms with Crippen molar-refractivity contribution in [3.05, 3.63) is 18.2 Å². The van der Waals surface area contributed by atoms with Crippen LogP contribution in [-0.2, 0) is 0 Å². The van der Waals surface area contributed by atoms with Crippen LogP contribution in [0.25, 0.3) is 0 Å². The molecule has 6 heteroatoms. The van der Waals surface area contributed by atoms with Crippen LogP contribution in [0.5, 0.6) is 11.5 Å². The Morgan fingerprint density at radius 3 is 2.46 bits per heavy atom. The van der Waals surface area contributed by atoms with Crippen LogP contribution in [-0.4, -0.2) is 61.8 Å². The number of urea groups is 1. The predicted octanol–water partition coefficient (Wildman–Crippen LogP) is 3.68. The van der Waals surface area contributed by atoms with Crippen LogP contribution >= 0.6 is 0 Å². The summed E-state index contributed by atoms with van der Waals surface area (Å²) < 4.78 is 11.1. The molecule has 0 aliphatic carbocycles. The second kappa shape index (κ2) is 8.60. The molecule has 2 unspecified atom stereocenters. The van der Waals surface area contributed by atoms with Crippen molar-refractivity contribution in [1.82, 2.24) is 9.80 Å². The van der Waals surface area contributed by atoms with Gasteiger partial charge >= 0.3 is 6.03 Å². The maximum Gasteiger partial charge on any atom is 0.321 e. The Hall–Kier alpha value is -1.95. The van der Waals surface area contributed by atoms with E-state index >= 15 is 0 Å². The molecule has 1 aromatic carbocycles. The van der Waals surface area contributed by atoms with Crippen molar-refractivity contribution in [2.45, 2.75) is 33.1 Å². The van der Waals surface area contributed by atoms with Crippen LogP contribution in [0, 0.1) is 17.8 Å². The molecule has 0 spiro atoms. The van der Waals surface area contributed by atoms with E-state index in [1.54, 1.807) is 0 Å². The van der Waals surface area contributed by atoms with Crippen LogP contribution in [0.3, 0.4) is 0 Å². The molecule has 0 aromatic heterocycles. The van der Waals surface area contributed by atoms with Crippen LogP contribution in [0.2, 0.25) is 0 Å². The number of nitrogens with one attached hydrogen (secondary N) is 1. The van der Waals surface area contributed by atoms with E-state index in [1.165, 1.54) is 26.1 Å². The minimum absolute atomic E-state index is 0.0182. The zero-order valence-electron chi connectivity index (χ0n) is 17.2. The van der Waals surface area contributed by atoms with E-state index in [2.05, 4.69) is 24.1 Å². The molecular weight excluding hydrogens is 354 g/mol. The Balaban J connectivity index is 1.25. The molecule has 0 bridgehead atoms. The summed E-state index contributed by atoms with van der Waals surface area (Å²) in [6.45, 7) is 11.2. The van der Waals surface area contributed by atoms with Crippen molar-refractivity contribution in [3.63, 3.8) is 0 Å². The third-order valence-corrected chi connectivity index (χ3v) is 6.16. The minimum atomic E-state index is -0.0182. The zero-order valence-corrected chi connectivity index (χ0v) is 17.2. The van der Waals surface area contributed by atoms with E-state index in [9.17, 15) is 4.79 Å². The van der Waals surface area contributed by atoms with E-state index in [0.717, 1.165) is 49.2 Å².